The van der Waals surface area contributed by atoms with E-state index in [2.05, 4.69) is 11.3 Å². The highest BCUT2D eigenvalue weighted by atomic mass is 16.7. The van der Waals surface area contributed by atoms with E-state index in [0.29, 0.717) is 0 Å². The average molecular weight is 194 g/mol. The average Bonchev–Trinajstić information content (AvgIpc) is 2.72. The third kappa shape index (κ3) is 1.18. The summed E-state index contributed by atoms with van der Waals surface area (Å²) < 4.78 is 13.3. The topological polar surface area (TPSA) is 36.3 Å². The van der Waals surface area contributed by atoms with Crippen LogP contribution in [0.4, 0.5) is 0 Å². The maximum absolute atomic E-state index is 5.69. The van der Waals surface area contributed by atoms with Gasteiger partial charge in [-0.05, 0) is 12.0 Å². The molecule has 4 nitrogen and oxygen atoms in total. The number of rotatable bonds is 0. The van der Waals surface area contributed by atoms with Crippen molar-refractivity contribution in [2.45, 2.75) is 25.0 Å². The molecule has 3 rings (SSSR count). The molecule has 14 heavy (non-hydrogen) atoms. The molecule has 76 valence electrons. The minimum Gasteiger partial charge on any atom is -0.347 e. The van der Waals surface area contributed by atoms with Crippen LogP contribution in [-0.2, 0) is 29.4 Å². The van der Waals surface area contributed by atoms with Crippen molar-refractivity contribution in [3.63, 3.8) is 0 Å². The molecular weight excluding hydrogens is 180 g/mol. The van der Waals surface area contributed by atoms with Gasteiger partial charge < -0.3 is 9.47 Å². The summed E-state index contributed by atoms with van der Waals surface area (Å²) in [5, 5.41) is 4.41. The van der Waals surface area contributed by atoms with Crippen molar-refractivity contribution < 1.29 is 9.47 Å². The fraction of sp³-hybridized carbons (Fsp3) is 0.700. The molecule has 0 amide bonds. The van der Waals surface area contributed by atoms with Crippen molar-refractivity contribution in [1.29, 1.82) is 0 Å². The number of nitrogens with zero attached hydrogens (tertiary/aromatic N) is 2. The number of ether oxygens (including phenoxy) is 2. The van der Waals surface area contributed by atoms with Gasteiger partial charge in [-0.1, -0.05) is 0 Å². The number of hydrogen-bond donors (Lipinski definition) is 0. The molecule has 0 bridgehead atoms. The molecule has 1 spiro atoms. The molecule has 1 aliphatic heterocycles. The molecule has 2 heterocycles. The molecule has 1 saturated heterocycles. The lowest BCUT2D eigenvalue weighted by molar-refractivity contribution is -0.163. The zero-order valence-corrected chi connectivity index (χ0v) is 8.32. The van der Waals surface area contributed by atoms with E-state index in [1.165, 1.54) is 11.3 Å². The van der Waals surface area contributed by atoms with Crippen LogP contribution in [0.2, 0.25) is 0 Å². The van der Waals surface area contributed by atoms with Crippen LogP contribution >= 0.6 is 0 Å². The second-order valence-corrected chi connectivity index (χ2v) is 4.06. The monoisotopic (exact) mass is 194 g/mol. The van der Waals surface area contributed by atoms with Gasteiger partial charge in [0.05, 0.1) is 18.9 Å². The van der Waals surface area contributed by atoms with Crippen molar-refractivity contribution in [3.8, 4) is 0 Å². The Hall–Kier alpha value is -0.870. The molecule has 4 heteroatoms. The molecule has 1 aliphatic carbocycles. The zero-order valence-electron chi connectivity index (χ0n) is 8.32. The van der Waals surface area contributed by atoms with Crippen molar-refractivity contribution in [3.05, 3.63) is 17.5 Å². The molecule has 2 aliphatic rings. The quantitative estimate of drug-likeness (QED) is 0.608. The smallest absolute Gasteiger partial charge is 0.172 e. The SMILES string of the molecule is Cn1cc2c(n1)CCC1(C2)OCCO1. The summed E-state index contributed by atoms with van der Waals surface area (Å²) in [6.07, 6.45) is 4.84. The van der Waals surface area contributed by atoms with Gasteiger partial charge in [0.25, 0.3) is 0 Å². The number of hydrogen-bond acceptors (Lipinski definition) is 3. The summed E-state index contributed by atoms with van der Waals surface area (Å²) in [6, 6.07) is 0. The normalized spacial score (nSPS) is 24.1. The van der Waals surface area contributed by atoms with Crippen LogP contribution in [0.25, 0.3) is 0 Å². The first-order chi connectivity index (χ1) is 6.77. The van der Waals surface area contributed by atoms with Gasteiger partial charge in [0.15, 0.2) is 5.79 Å². The molecule has 0 aromatic carbocycles. The molecule has 1 aromatic heterocycles. The molecule has 0 atom stereocenters. The first-order valence-electron chi connectivity index (χ1n) is 5.07. The Kier molecular flexibility index (Phi) is 1.69. The summed E-state index contributed by atoms with van der Waals surface area (Å²) >= 11 is 0. The van der Waals surface area contributed by atoms with Crippen LogP contribution in [0.5, 0.6) is 0 Å². The van der Waals surface area contributed by atoms with E-state index in [4.69, 9.17) is 9.47 Å². The molecule has 1 fully saturated rings. The van der Waals surface area contributed by atoms with Crippen molar-refractivity contribution in [2.24, 2.45) is 7.05 Å². The summed E-state index contributed by atoms with van der Waals surface area (Å²) in [4.78, 5) is 0. The Labute approximate surface area is 82.8 Å². The van der Waals surface area contributed by atoms with E-state index in [9.17, 15) is 0 Å². The number of fused-ring (bicyclic) bond motifs is 1. The Bertz CT molecular complexity index is 353. The number of aryl methyl sites for hydroxylation is 2. The van der Waals surface area contributed by atoms with Crippen molar-refractivity contribution in [2.75, 3.05) is 13.2 Å². The van der Waals surface area contributed by atoms with Crippen LogP contribution in [0.3, 0.4) is 0 Å². The molecular formula is C10H14N2O2. The van der Waals surface area contributed by atoms with E-state index >= 15 is 0 Å². The second-order valence-electron chi connectivity index (χ2n) is 4.06. The summed E-state index contributed by atoms with van der Waals surface area (Å²) in [5.74, 6) is -0.323. The molecule has 0 saturated carbocycles. The van der Waals surface area contributed by atoms with Gasteiger partial charge in [-0.15, -0.1) is 0 Å². The highest BCUT2D eigenvalue weighted by molar-refractivity contribution is 5.22. The van der Waals surface area contributed by atoms with E-state index < -0.39 is 0 Å². The first-order valence-corrected chi connectivity index (χ1v) is 5.07. The Morgan fingerprint density at radius 3 is 3.00 bits per heavy atom. The predicted octanol–water partition coefficient (Wildman–Crippen LogP) is 0.652. The van der Waals surface area contributed by atoms with Gasteiger partial charge in [-0.3, -0.25) is 4.68 Å². The van der Waals surface area contributed by atoms with Crippen LogP contribution in [0.15, 0.2) is 6.20 Å². The maximum Gasteiger partial charge on any atom is 0.172 e. The van der Waals surface area contributed by atoms with E-state index in [1.54, 1.807) is 0 Å². The fourth-order valence-corrected chi connectivity index (χ4v) is 2.37. The molecule has 0 unspecified atom stereocenters. The van der Waals surface area contributed by atoms with E-state index in [-0.39, 0.29) is 5.79 Å². The van der Waals surface area contributed by atoms with Crippen LogP contribution in [-0.4, -0.2) is 28.8 Å². The van der Waals surface area contributed by atoms with Gasteiger partial charge in [0.2, 0.25) is 0 Å². The predicted molar refractivity (Wildman–Crippen MR) is 49.9 cm³/mol. The second kappa shape index (κ2) is 2.81. The lowest BCUT2D eigenvalue weighted by Crippen LogP contribution is -2.36. The highest BCUT2D eigenvalue weighted by Crippen LogP contribution is 2.34. The van der Waals surface area contributed by atoms with Crippen LogP contribution in [0, 0.1) is 0 Å². The van der Waals surface area contributed by atoms with E-state index in [1.807, 2.05) is 11.7 Å². The van der Waals surface area contributed by atoms with Crippen LogP contribution in [0.1, 0.15) is 17.7 Å². The minimum absolute atomic E-state index is 0.323. The van der Waals surface area contributed by atoms with Gasteiger partial charge in [-0.25, -0.2) is 0 Å². The van der Waals surface area contributed by atoms with E-state index in [0.717, 1.165) is 32.5 Å². The third-order valence-corrected chi connectivity index (χ3v) is 3.01. The maximum atomic E-state index is 5.69. The first kappa shape index (κ1) is 8.44. The number of aromatic nitrogens is 2. The van der Waals surface area contributed by atoms with Gasteiger partial charge in [-0.2, -0.15) is 5.10 Å². The molecule has 1 aromatic rings. The molecule has 0 N–H and O–H groups in total. The Morgan fingerprint density at radius 2 is 2.21 bits per heavy atom. The minimum atomic E-state index is -0.323. The summed E-state index contributed by atoms with van der Waals surface area (Å²) in [6.45, 7) is 1.46. The van der Waals surface area contributed by atoms with Crippen LogP contribution < -0.4 is 0 Å². The standard InChI is InChI=1S/C10H14N2O2/c1-12-7-8-6-10(13-4-5-14-10)3-2-9(8)11-12/h7H,2-6H2,1H3. The van der Waals surface area contributed by atoms with Crippen molar-refractivity contribution >= 4 is 0 Å². The van der Waals surface area contributed by atoms with Gasteiger partial charge in [0, 0.05) is 26.1 Å². The Balaban J connectivity index is 1.92. The zero-order chi connectivity index (χ0) is 9.60. The highest BCUT2D eigenvalue weighted by Gasteiger charge is 2.40. The summed E-state index contributed by atoms with van der Waals surface area (Å²) in [5.41, 5.74) is 2.48. The Morgan fingerprint density at radius 1 is 1.43 bits per heavy atom. The lowest BCUT2D eigenvalue weighted by Gasteiger charge is -2.30. The van der Waals surface area contributed by atoms with Gasteiger partial charge >= 0.3 is 0 Å². The lowest BCUT2D eigenvalue weighted by atomic mass is 9.92. The molecule has 0 radical (unpaired) electrons. The largest absolute Gasteiger partial charge is 0.347 e. The summed E-state index contributed by atoms with van der Waals surface area (Å²) in [7, 11) is 1.96. The third-order valence-electron chi connectivity index (χ3n) is 3.01. The van der Waals surface area contributed by atoms with Gasteiger partial charge in [0.1, 0.15) is 0 Å². The fourth-order valence-electron chi connectivity index (χ4n) is 2.37. The van der Waals surface area contributed by atoms with Crippen molar-refractivity contribution in [1.82, 2.24) is 9.78 Å².